The lowest BCUT2D eigenvalue weighted by molar-refractivity contribution is -0.145. The molecule has 2 rings (SSSR count). The van der Waals surface area contributed by atoms with Crippen molar-refractivity contribution >= 4 is 13.5 Å². The molecule has 0 spiro atoms. The average Bonchev–Trinajstić information content (AvgIpc) is 2.93. The molecule has 5 atom stereocenters. The second-order valence-electron chi connectivity index (χ2n) is 6.54. The summed E-state index contributed by atoms with van der Waals surface area (Å²) in [5.41, 5.74) is 5.11. The zero-order valence-electron chi connectivity index (χ0n) is 12.4. The summed E-state index contributed by atoms with van der Waals surface area (Å²) in [6, 6.07) is 0.359. The van der Waals surface area contributed by atoms with Crippen molar-refractivity contribution < 1.29 is 20.0 Å². The van der Waals surface area contributed by atoms with Crippen molar-refractivity contribution in [3.05, 3.63) is 0 Å². The molecular weight excluding hydrogens is 271 g/mol. The van der Waals surface area contributed by atoms with Crippen LogP contribution in [0.3, 0.4) is 0 Å². The number of carbonyl (C=O) groups is 1. The summed E-state index contributed by atoms with van der Waals surface area (Å²) in [4.78, 5) is 11.6. The Morgan fingerprint density at radius 3 is 2.81 bits per heavy atom. The monoisotopic (exact) mass is 297 g/mol. The molecule has 2 aliphatic carbocycles. The summed E-state index contributed by atoms with van der Waals surface area (Å²) in [5.74, 6) is -0.234. The first-order valence-corrected chi connectivity index (χ1v) is 7.85. The van der Waals surface area contributed by atoms with Gasteiger partial charge in [0, 0.05) is 12.6 Å². The number of nitrogens with one attached hydrogen (secondary N) is 1. The molecule has 0 aromatic heterocycles. The first-order chi connectivity index (χ1) is 10.0. The van der Waals surface area contributed by atoms with Crippen LogP contribution in [0.2, 0.25) is 6.32 Å². The highest BCUT2D eigenvalue weighted by Gasteiger charge is 2.57. The van der Waals surface area contributed by atoms with Gasteiger partial charge in [-0.3, -0.25) is 4.79 Å². The van der Waals surface area contributed by atoms with Crippen LogP contribution in [0.15, 0.2) is 0 Å². The molecule has 0 heterocycles. The van der Waals surface area contributed by atoms with Crippen LogP contribution in [-0.2, 0) is 4.79 Å². The highest BCUT2D eigenvalue weighted by atomic mass is 16.4. The lowest BCUT2D eigenvalue weighted by Crippen LogP contribution is -2.52. The maximum atomic E-state index is 11.6. The van der Waals surface area contributed by atoms with E-state index in [1.54, 1.807) is 0 Å². The molecule has 119 valence electrons. The predicted molar refractivity (Wildman–Crippen MR) is 79.8 cm³/mol. The summed E-state index contributed by atoms with van der Waals surface area (Å²) in [6.45, 7) is 0.707. The Balaban J connectivity index is 2.02. The minimum absolute atomic E-state index is 0.0270. The van der Waals surface area contributed by atoms with Gasteiger partial charge in [0.1, 0.15) is 5.54 Å². The molecule has 6 nitrogen and oxygen atoms in total. The third-order valence-electron chi connectivity index (χ3n) is 5.32. The minimum Gasteiger partial charge on any atom is -0.480 e. The van der Waals surface area contributed by atoms with Gasteiger partial charge in [0.2, 0.25) is 0 Å². The minimum atomic E-state index is -1.12. The van der Waals surface area contributed by atoms with Crippen molar-refractivity contribution in [1.82, 2.24) is 5.32 Å². The van der Waals surface area contributed by atoms with E-state index in [4.69, 9.17) is 15.9 Å². The van der Waals surface area contributed by atoms with E-state index >= 15 is 0 Å². The number of carboxylic acid groups (broad SMARTS) is 1. The van der Waals surface area contributed by atoms with Crippen molar-refractivity contribution in [3.63, 3.8) is 0 Å². The van der Waals surface area contributed by atoms with Crippen LogP contribution in [0.25, 0.3) is 0 Å². The molecule has 0 unspecified atom stereocenters. The van der Waals surface area contributed by atoms with Gasteiger partial charge in [-0.25, -0.2) is 0 Å². The molecule has 2 fully saturated rings. The molecule has 2 aliphatic rings. The van der Waals surface area contributed by atoms with Crippen LogP contribution in [-0.4, -0.2) is 53.4 Å². The first kappa shape index (κ1) is 16.7. The standard InChI is InChI=1S/C14H26BN2O4/c16-14(13(19)20)8-9-6-10(17-4-5-18)7-11(9)12(14)2-1-3-15-21/h9-12,17-18,21H,1-8,16H2,(H,19,20)/t9-,10+,11-,12+,14+/m1/s1. The van der Waals surface area contributed by atoms with Crippen LogP contribution in [0.5, 0.6) is 0 Å². The van der Waals surface area contributed by atoms with Crippen LogP contribution >= 0.6 is 0 Å². The fourth-order valence-electron chi connectivity index (χ4n) is 4.43. The fraction of sp³-hybridized carbons (Fsp3) is 0.929. The molecule has 0 aliphatic heterocycles. The van der Waals surface area contributed by atoms with Crippen molar-refractivity contribution in [2.75, 3.05) is 13.2 Å². The van der Waals surface area contributed by atoms with Crippen LogP contribution in [0.1, 0.15) is 32.1 Å². The smallest absolute Gasteiger partial charge is 0.323 e. The molecule has 1 radical (unpaired) electrons. The molecule has 6 N–H and O–H groups in total. The van der Waals surface area contributed by atoms with Gasteiger partial charge in [0.25, 0.3) is 7.48 Å². The van der Waals surface area contributed by atoms with Crippen molar-refractivity contribution in [1.29, 1.82) is 0 Å². The van der Waals surface area contributed by atoms with Crippen LogP contribution < -0.4 is 11.1 Å². The molecule has 0 bridgehead atoms. The SMILES string of the molecule is N[C@@]1(C(=O)O)C[C@H]2C[C@H](NCCO)C[C@H]2[C@@H]1CCC[B]O. The third kappa shape index (κ3) is 3.42. The number of hydrogen-bond donors (Lipinski definition) is 5. The number of fused-ring (bicyclic) bond motifs is 1. The second kappa shape index (κ2) is 7.09. The summed E-state index contributed by atoms with van der Waals surface area (Å²) in [6.07, 6.45) is 4.51. The van der Waals surface area contributed by atoms with Crippen molar-refractivity contribution in [3.8, 4) is 0 Å². The lowest BCUT2D eigenvalue weighted by Gasteiger charge is -2.31. The van der Waals surface area contributed by atoms with Gasteiger partial charge in [-0.05, 0) is 43.4 Å². The molecule has 0 aromatic carbocycles. The van der Waals surface area contributed by atoms with Gasteiger partial charge in [0.15, 0.2) is 0 Å². The van der Waals surface area contributed by atoms with Gasteiger partial charge in [0.05, 0.1) is 6.61 Å². The van der Waals surface area contributed by atoms with E-state index in [0.717, 1.165) is 33.2 Å². The van der Waals surface area contributed by atoms with Gasteiger partial charge >= 0.3 is 5.97 Å². The summed E-state index contributed by atoms with van der Waals surface area (Å²) in [5, 5.41) is 30.5. The van der Waals surface area contributed by atoms with E-state index in [2.05, 4.69) is 5.32 Å². The summed E-state index contributed by atoms with van der Waals surface area (Å²) < 4.78 is 0. The van der Waals surface area contributed by atoms with E-state index in [1.165, 1.54) is 0 Å². The van der Waals surface area contributed by atoms with E-state index in [-0.39, 0.29) is 12.5 Å². The zero-order valence-corrected chi connectivity index (χ0v) is 12.4. The quantitative estimate of drug-likeness (QED) is 0.307. The average molecular weight is 297 g/mol. The van der Waals surface area contributed by atoms with Gasteiger partial charge in [-0.15, -0.1) is 0 Å². The molecule has 2 saturated carbocycles. The lowest BCUT2D eigenvalue weighted by atomic mass is 9.77. The zero-order chi connectivity index (χ0) is 15.5. The fourth-order valence-corrected chi connectivity index (χ4v) is 4.43. The Morgan fingerprint density at radius 2 is 2.19 bits per heavy atom. The molecular formula is C14H26BN2O4. The van der Waals surface area contributed by atoms with Gasteiger partial charge < -0.3 is 26.3 Å². The first-order valence-electron chi connectivity index (χ1n) is 7.85. The van der Waals surface area contributed by atoms with E-state index in [0.29, 0.717) is 37.2 Å². The summed E-state index contributed by atoms with van der Waals surface area (Å²) in [7, 11) is 1.13. The predicted octanol–water partition coefficient (Wildman–Crippen LogP) is -0.425. The Bertz CT molecular complexity index is 371. The molecule has 0 saturated heterocycles. The van der Waals surface area contributed by atoms with Crippen LogP contribution in [0.4, 0.5) is 0 Å². The maximum Gasteiger partial charge on any atom is 0.323 e. The maximum absolute atomic E-state index is 11.6. The second-order valence-corrected chi connectivity index (χ2v) is 6.54. The van der Waals surface area contributed by atoms with Gasteiger partial charge in [-0.1, -0.05) is 12.7 Å². The number of aliphatic carboxylic acids is 1. The summed E-state index contributed by atoms with van der Waals surface area (Å²) >= 11 is 0. The van der Waals surface area contributed by atoms with Crippen molar-refractivity contribution in [2.24, 2.45) is 23.5 Å². The third-order valence-corrected chi connectivity index (χ3v) is 5.32. The number of aliphatic hydroxyl groups excluding tert-OH is 1. The molecule has 21 heavy (non-hydrogen) atoms. The molecule has 0 amide bonds. The normalized spacial score (nSPS) is 38.4. The topological polar surface area (TPSA) is 116 Å². The highest BCUT2D eigenvalue weighted by molar-refractivity contribution is 6.25. The number of hydrogen-bond acceptors (Lipinski definition) is 5. The van der Waals surface area contributed by atoms with Gasteiger partial charge in [-0.2, -0.15) is 0 Å². The Labute approximate surface area is 126 Å². The largest absolute Gasteiger partial charge is 0.480 e. The number of nitrogens with two attached hydrogens (primary N) is 1. The molecule has 7 heteroatoms. The van der Waals surface area contributed by atoms with E-state index in [9.17, 15) is 9.90 Å². The van der Waals surface area contributed by atoms with Crippen molar-refractivity contribution in [2.45, 2.75) is 50.0 Å². The number of rotatable bonds is 8. The Hall–Kier alpha value is -0.625. The number of aliphatic hydroxyl groups is 1. The highest BCUT2D eigenvalue weighted by Crippen LogP contribution is 2.53. The van der Waals surface area contributed by atoms with Crippen LogP contribution in [0, 0.1) is 17.8 Å². The Kier molecular flexibility index (Phi) is 5.65. The van der Waals surface area contributed by atoms with E-state index < -0.39 is 11.5 Å². The molecule has 0 aromatic rings. The van der Waals surface area contributed by atoms with E-state index in [1.807, 2.05) is 0 Å². The number of carboxylic acids is 1. The Morgan fingerprint density at radius 1 is 1.43 bits per heavy atom.